The van der Waals surface area contributed by atoms with Gasteiger partial charge in [0.25, 0.3) is 16.3 Å². The molecule has 0 aliphatic carbocycles. The van der Waals surface area contributed by atoms with E-state index in [1.807, 2.05) is 6.92 Å². The molecule has 0 radical (unpaired) electrons. The fourth-order valence-corrected chi connectivity index (χ4v) is 5.36. The Kier molecular flexibility index (Phi) is 10.6. The number of nitrogens with one attached hydrogen (secondary N) is 1. The fourth-order valence-electron chi connectivity index (χ4n) is 4.47. The van der Waals surface area contributed by atoms with Gasteiger partial charge in [-0.3, -0.25) is 9.63 Å². The summed E-state index contributed by atoms with van der Waals surface area (Å²) in [5.41, 5.74) is 0.516. The van der Waals surface area contributed by atoms with Crippen LogP contribution in [0.2, 0.25) is 0 Å². The number of aromatic nitrogens is 2. The van der Waals surface area contributed by atoms with Gasteiger partial charge in [-0.1, -0.05) is 43.7 Å². The second kappa shape index (κ2) is 14.3. The summed E-state index contributed by atoms with van der Waals surface area (Å²) in [6.07, 6.45) is -6.20. The third-order valence-electron chi connectivity index (χ3n) is 6.95. The van der Waals surface area contributed by atoms with Gasteiger partial charge < -0.3 is 14.7 Å². The SMILES string of the molecule is Cc1ccc(-c2cc(C(F)(F)F)nn2-c2ccc(S(=O)(=O)NC(=O)OC[C@@H]3CCCN3/[N+]([O-])=N/OC(C)OC(=O)C(C)C)cc2)cc1. The fraction of sp³-hybridized carbons (Fsp3) is 0.414. The van der Waals surface area contributed by atoms with Gasteiger partial charge in [-0.25, -0.2) is 22.6 Å². The number of benzene rings is 2. The summed E-state index contributed by atoms with van der Waals surface area (Å²) >= 11 is 0. The van der Waals surface area contributed by atoms with E-state index in [9.17, 15) is 36.4 Å². The molecule has 14 nitrogen and oxygen atoms in total. The normalized spacial score (nSPS) is 16.2. The molecule has 47 heavy (non-hydrogen) atoms. The lowest BCUT2D eigenvalue weighted by molar-refractivity contribution is -0.716. The summed E-state index contributed by atoms with van der Waals surface area (Å²) in [6, 6.07) is 11.7. The summed E-state index contributed by atoms with van der Waals surface area (Å²) in [5, 5.41) is 20.7. The van der Waals surface area contributed by atoms with E-state index in [0.29, 0.717) is 18.4 Å². The third-order valence-corrected chi connectivity index (χ3v) is 8.28. The zero-order valence-corrected chi connectivity index (χ0v) is 26.6. The standard InChI is InChI=1S/C29H33F3N6O8S/c1-18(2)27(39)45-20(4)46-35-38(41)36-15-5-6-23(36)17-44-28(40)34-47(42,43)24-13-11-22(12-14-24)37-25(16-26(33-37)29(30,31)32)21-9-7-19(3)8-10-21/h7-14,16,18,20,23H,5-6,15,17H2,1-4H3,(H,34,40)/b38-35-/t20?,23-/m0/s1. The van der Waals surface area contributed by atoms with Crippen LogP contribution < -0.4 is 4.72 Å². The molecule has 18 heteroatoms. The number of aryl methyl sites for hydroxylation is 1. The average Bonchev–Trinajstić information content (AvgIpc) is 3.67. The molecular weight excluding hydrogens is 649 g/mol. The number of sulfonamides is 1. The Morgan fingerprint density at radius 2 is 1.79 bits per heavy atom. The van der Waals surface area contributed by atoms with E-state index >= 15 is 0 Å². The molecule has 1 N–H and O–H groups in total. The summed E-state index contributed by atoms with van der Waals surface area (Å²) in [5.74, 6) is -0.951. The Hall–Kier alpha value is -4.87. The van der Waals surface area contributed by atoms with Crippen molar-refractivity contribution in [1.82, 2.24) is 19.5 Å². The van der Waals surface area contributed by atoms with Crippen LogP contribution in [0.15, 0.2) is 64.8 Å². The van der Waals surface area contributed by atoms with Gasteiger partial charge in [-0.15, -0.1) is 5.01 Å². The maximum Gasteiger partial charge on any atom is 0.435 e. The topological polar surface area (TPSA) is 167 Å². The molecule has 2 heterocycles. The quantitative estimate of drug-likeness (QED) is 0.0945. The summed E-state index contributed by atoms with van der Waals surface area (Å²) in [6.45, 7) is 6.34. The highest BCUT2D eigenvalue weighted by molar-refractivity contribution is 7.90. The van der Waals surface area contributed by atoms with Crippen LogP contribution in [0.4, 0.5) is 18.0 Å². The predicted molar refractivity (Wildman–Crippen MR) is 158 cm³/mol. The zero-order chi connectivity index (χ0) is 34.5. The molecule has 254 valence electrons. The number of amides is 1. The highest BCUT2D eigenvalue weighted by Gasteiger charge is 2.36. The first-order valence-corrected chi connectivity index (χ1v) is 15.9. The highest BCUT2D eigenvalue weighted by atomic mass is 32.2. The second-order valence-electron chi connectivity index (χ2n) is 10.9. The number of hydrogen-bond donors (Lipinski definition) is 1. The van der Waals surface area contributed by atoms with Crippen molar-refractivity contribution in [3.63, 3.8) is 0 Å². The van der Waals surface area contributed by atoms with Crippen LogP contribution in [-0.4, -0.2) is 65.7 Å². The van der Waals surface area contributed by atoms with Crippen LogP contribution in [0.1, 0.15) is 44.9 Å². The first-order chi connectivity index (χ1) is 22.0. The molecule has 0 bridgehead atoms. The Bertz CT molecular complexity index is 1710. The number of alkyl halides is 3. The van der Waals surface area contributed by atoms with E-state index in [1.165, 1.54) is 24.1 Å². The monoisotopic (exact) mass is 682 g/mol. The number of carbonyl (C=O) groups is 2. The molecule has 1 amide bonds. The smallest absolute Gasteiger partial charge is 0.435 e. The van der Waals surface area contributed by atoms with Crippen LogP contribution in [0.5, 0.6) is 0 Å². The maximum atomic E-state index is 13.5. The van der Waals surface area contributed by atoms with Gasteiger partial charge in [0.05, 0.1) is 33.7 Å². The molecule has 2 aromatic carbocycles. The average molecular weight is 683 g/mol. The summed E-state index contributed by atoms with van der Waals surface area (Å²) < 4.78 is 79.1. The van der Waals surface area contributed by atoms with Crippen molar-refractivity contribution in [2.75, 3.05) is 13.2 Å². The molecule has 0 spiro atoms. The minimum absolute atomic E-state index is 0.135. The molecule has 0 saturated carbocycles. The highest BCUT2D eigenvalue weighted by Crippen LogP contribution is 2.33. The van der Waals surface area contributed by atoms with Gasteiger partial charge in [-0.2, -0.15) is 18.3 Å². The molecule has 1 aliphatic rings. The lowest BCUT2D eigenvalue weighted by Crippen LogP contribution is -2.40. The van der Waals surface area contributed by atoms with E-state index < -0.39 is 52.2 Å². The van der Waals surface area contributed by atoms with Crippen molar-refractivity contribution in [1.29, 1.82) is 0 Å². The largest absolute Gasteiger partial charge is 0.569 e. The van der Waals surface area contributed by atoms with Crippen molar-refractivity contribution < 1.29 is 50.5 Å². The summed E-state index contributed by atoms with van der Waals surface area (Å²) in [4.78, 5) is 28.7. The maximum absolute atomic E-state index is 13.5. The molecule has 1 unspecified atom stereocenters. The van der Waals surface area contributed by atoms with Crippen molar-refractivity contribution in [2.45, 2.75) is 63.9 Å². The first kappa shape index (κ1) is 35.0. The van der Waals surface area contributed by atoms with E-state index in [2.05, 4.69) is 10.4 Å². The minimum atomic E-state index is -4.72. The van der Waals surface area contributed by atoms with E-state index in [-0.39, 0.29) is 34.4 Å². The van der Waals surface area contributed by atoms with Gasteiger partial charge in [0.1, 0.15) is 12.6 Å². The lowest BCUT2D eigenvalue weighted by Gasteiger charge is -2.20. The lowest BCUT2D eigenvalue weighted by atomic mass is 10.1. The number of esters is 1. The van der Waals surface area contributed by atoms with Crippen LogP contribution in [0.3, 0.4) is 0 Å². The molecule has 1 fully saturated rings. The molecule has 1 aliphatic heterocycles. The molecule has 3 aromatic rings. The van der Waals surface area contributed by atoms with Crippen molar-refractivity contribution in [3.8, 4) is 16.9 Å². The van der Waals surface area contributed by atoms with Crippen LogP contribution in [-0.2, 0) is 35.3 Å². The van der Waals surface area contributed by atoms with Gasteiger partial charge in [-0.05, 0) is 50.1 Å². The Labute approximate surface area is 268 Å². The van der Waals surface area contributed by atoms with Gasteiger partial charge in [0, 0.05) is 12.5 Å². The molecule has 1 saturated heterocycles. The molecule has 1 aromatic heterocycles. The molecule has 4 rings (SSSR count). The van der Waals surface area contributed by atoms with Gasteiger partial charge >= 0.3 is 18.2 Å². The van der Waals surface area contributed by atoms with Crippen molar-refractivity contribution in [3.05, 3.63) is 71.1 Å². The van der Waals surface area contributed by atoms with Gasteiger partial charge in [0.2, 0.25) is 5.28 Å². The number of rotatable bonds is 11. The minimum Gasteiger partial charge on any atom is -0.569 e. The number of carbonyl (C=O) groups excluding carboxylic acids is 2. The van der Waals surface area contributed by atoms with Crippen molar-refractivity contribution in [2.24, 2.45) is 11.2 Å². The van der Waals surface area contributed by atoms with Crippen molar-refractivity contribution >= 4 is 22.1 Å². The third kappa shape index (κ3) is 8.90. The van der Waals surface area contributed by atoms with Crippen LogP contribution >= 0.6 is 0 Å². The second-order valence-corrected chi connectivity index (χ2v) is 12.6. The zero-order valence-electron chi connectivity index (χ0n) is 25.8. The van der Waals surface area contributed by atoms with E-state index in [1.54, 1.807) is 42.8 Å². The molecular formula is C29H33F3N6O8S. The summed E-state index contributed by atoms with van der Waals surface area (Å²) in [7, 11) is -4.45. The van der Waals surface area contributed by atoms with Gasteiger partial charge in [0.15, 0.2) is 5.69 Å². The first-order valence-electron chi connectivity index (χ1n) is 14.4. The van der Waals surface area contributed by atoms with Crippen LogP contribution in [0.25, 0.3) is 16.9 Å². The number of nitrogens with zero attached hydrogens (tertiary/aromatic N) is 5. The Morgan fingerprint density at radius 1 is 1.13 bits per heavy atom. The molecule has 2 atom stereocenters. The van der Waals surface area contributed by atoms with Crippen LogP contribution in [0, 0.1) is 18.0 Å². The number of ether oxygens (including phenoxy) is 2. The number of hydrogen-bond acceptors (Lipinski definition) is 10. The number of hydrazine groups is 1. The number of halogens is 3. The predicted octanol–water partition coefficient (Wildman–Crippen LogP) is 5.10. The Balaban J connectivity index is 1.39. The van der Waals surface area contributed by atoms with E-state index in [0.717, 1.165) is 28.4 Å². The Morgan fingerprint density at radius 3 is 2.40 bits per heavy atom. The van der Waals surface area contributed by atoms with E-state index in [4.69, 9.17) is 14.3 Å².